The van der Waals surface area contributed by atoms with E-state index in [1.165, 1.54) is 12.1 Å². The van der Waals surface area contributed by atoms with Gasteiger partial charge >= 0.3 is 23.9 Å². The maximum atomic E-state index is 12.8. The Morgan fingerprint density at radius 2 is 1.27 bits per heavy atom. The summed E-state index contributed by atoms with van der Waals surface area (Å²) in [5, 5.41) is 13.2. The minimum Gasteiger partial charge on any atom is -0.477 e. The maximum Gasteiger partial charge on any atom is 0.364 e. The standard InChI is InChI=1S/C28H43NO8/c1-12-17(2)29-28(21(30)31,37-24(34)27(9,10)11)16-18-13-14-19(35-22(32)25(3,4)5)20(15-18)36-23(33)26(6,7)8/h13-15,17,29H,12,16H2,1-11H3,(H,30,31)/t17?,28-/m0/s1. The number of carbonyl (C=O) groups is 4. The zero-order valence-corrected chi connectivity index (χ0v) is 24.0. The van der Waals surface area contributed by atoms with Crippen LogP contribution in [-0.4, -0.2) is 40.8 Å². The van der Waals surface area contributed by atoms with Crippen LogP contribution in [0.2, 0.25) is 0 Å². The van der Waals surface area contributed by atoms with Crippen molar-refractivity contribution in [2.45, 2.75) is 101 Å². The molecule has 0 aliphatic heterocycles. The molecule has 0 aliphatic carbocycles. The third kappa shape index (κ3) is 9.14. The van der Waals surface area contributed by atoms with E-state index < -0.39 is 45.8 Å². The highest BCUT2D eigenvalue weighted by molar-refractivity contribution is 5.84. The highest BCUT2D eigenvalue weighted by Gasteiger charge is 2.46. The van der Waals surface area contributed by atoms with Crippen LogP contribution in [0.3, 0.4) is 0 Å². The van der Waals surface area contributed by atoms with Gasteiger partial charge in [0.25, 0.3) is 5.72 Å². The molecule has 0 saturated heterocycles. The van der Waals surface area contributed by atoms with Crippen molar-refractivity contribution < 1.29 is 38.5 Å². The lowest BCUT2D eigenvalue weighted by atomic mass is 9.95. The number of nitrogens with one attached hydrogen (secondary N) is 1. The fraction of sp³-hybridized carbons (Fsp3) is 0.643. The minimum absolute atomic E-state index is 0.0174. The fourth-order valence-electron chi connectivity index (χ4n) is 2.73. The highest BCUT2D eigenvalue weighted by Crippen LogP contribution is 2.34. The van der Waals surface area contributed by atoms with E-state index in [9.17, 15) is 24.3 Å². The van der Waals surface area contributed by atoms with E-state index in [0.717, 1.165) is 0 Å². The van der Waals surface area contributed by atoms with Crippen molar-refractivity contribution in [1.82, 2.24) is 5.32 Å². The summed E-state index contributed by atoms with van der Waals surface area (Å²) in [5.41, 5.74) is -4.33. The summed E-state index contributed by atoms with van der Waals surface area (Å²) < 4.78 is 16.7. The molecule has 0 radical (unpaired) electrons. The molecule has 0 fully saturated rings. The van der Waals surface area contributed by atoms with Crippen molar-refractivity contribution >= 4 is 23.9 Å². The number of carboxylic acid groups (broad SMARTS) is 1. The first-order valence-electron chi connectivity index (χ1n) is 12.4. The van der Waals surface area contributed by atoms with Gasteiger partial charge in [-0.3, -0.25) is 19.7 Å². The molecular formula is C28H43NO8. The molecule has 0 amide bonds. The maximum absolute atomic E-state index is 12.8. The number of ether oxygens (including phenoxy) is 3. The van der Waals surface area contributed by atoms with Crippen molar-refractivity contribution in [3.63, 3.8) is 0 Å². The first-order chi connectivity index (χ1) is 16.6. The molecule has 0 aromatic heterocycles. The first-order valence-corrected chi connectivity index (χ1v) is 12.4. The van der Waals surface area contributed by atoms with E-state index in [-0.39, 0.29) is 24.0 Å². The molecule has 9 heteroatoms. The monoisotopic (exact) mass is 521 g/mol. The molecule has 0 spiro atoms. The van der Waals surface area contributed by atoms with Crippen molar-refractivity contribution in [2.24, 2.45) is 16.2 Å². The summed E-state index contributed by atoms with van der Waals surface area (Å²) in [7, 11) is 0. The number of esters is 3. The van der Waals surface area contributed by atoms with Crippen LogP contribution in [0.5, 0.6) is 11.5 Å². The summed E-state index contributed by atoms with van der Waals surface area (Å²) in [6.45, 7) is 18.7. The predicted octanol–water partition coefficient (Wildman–Crippen LogP) is 4.89. The van der Waals surface area contributed by atoms with Crippen LogP contribution < -0.4 is 14.8 Å². The van der Waals surface area contributed by atoms with Gasteiger partial charge in [-0.15, -0.1) is 0 Å². The molecule has 2 atom stereocenters. The molecule has 9 nitrogen and oxygen atoms in total. The molecule has 0 bridgehead atoms. The minimum atomic E-state index is -2.09. The Labute approximate surface area is 220 Å². The second-order valence-electron chi connectivity index (χ2n) is 12.5. The van der Waals surface area contributed by atoms with Crippen molar-refractivity contribution in [1.29, 1.82) is 0 Å². The SMILES string of the molecule is CCC(C)N[C@@](Cc1ccc(OC(=O)C(C)(C)C)c(OC(=O)C(C)(C)C)c1)(OC(=O)C(C)(C)C)C(=O)O. The lowest BCUT2D eigenvalue weighted by Gasteiger charge is -2.35. The number of hydrogen-bond acceptors (Lipinski definition) is 8. The van der Waals surface area contributed by atoms with Crippen LogP contribution in [0.25, 0.3) is 0 Å². The summed E-state index contributed by atoms with van der Waals surface area (Å²) in [5.74, 6) is -3.20. The van der Waals surface area contributed by atoms with Crippen LogP contribution in [-0.2, 0) is 30.3 Å². The van der Waals surface area contributed by atoms with Gasteiger partial charge in [0.2, 0.25) is 0 Å². The van der Waals surface area contributed by atoms with Crippen molar-refractivity contribution in [3.05, 3.63) is 23.8 Å². The Bertz CT molecular complexity index is 1010. The molecular weight excluding hydrogens is 478 g/mol. The third-order valence-electron chi connectivity index (χ3n) is 5.41. The Balaban J connectivity index is 3.61. The summed E-state index contributed by atoms with van der Waals surface area (Å²) in [4.78, 5) is 50.6. The number of carbonyl (C=O) groups excluding carboxylic acids is 3. The number of carboxylic acids is 1. The third-order valence-corrected chi connectivity index (χ3v) is 5.41. The number of aliphatic carboxylic acids is 1. The summed E-state index contributed by atoms with van der Waals surface area (Å²) >= 11 is 0. The molecule has 1 unspecified atom stereocenters. The average Bonchev–Trinajstić information content (AvgIpc) is 2.72. The van der Waals surface area contributed by atoms with Gasteiger partial charge in [0.05, 0.1) is 16.2 Å². The Kier molecular flexibility index (Phi) is 10.1. The highest BCUT2D eigenvalue weighted by atomic mass is 16.6. The molecule has 0 aliphatic rings. The van der Waals surface area contributed by atoms with E-state index in [2.05, 4.69) is 5.32 Å². The number of benzene rings is 1. The molecule has 1 aromatic carbocycles. The van der Waals surface area contributed by atoms with E-state index in [1.54, 1.807) is 75.3 Å². The average molecular weight is 522 g/mol. The topological polar surface area (TPSA) is 128 Å². The van der Waals surface area contributed by atoms with Crippen LogP contribution in [0.15, 0.2) is 18.2 Å². The van der Waals surface area contributed by atoms with E-state index in [4.69, 9.17) is 14.2 Å². The molecule has 0 saturated carbocycles. The molecule has 1 aromatic rings. The Morgan fingerprint density at radius 3 is 1.68 bits per heavy atom. The second-order valence-corrected chi connectivity index (χ2v) is 12.5. The van der Waals surface area contributed by atoms with E-state index >= 15 is 0 Å². The predicted molar refractivity (Wildman–Crippen MR) is 139 cm³/mol. The summed E-state index contributed by atoms with van der Waals surface area (Å²) in [6.07, 6.45) is 0.306. The quantitative estimate of drug-likeness (QED) is 0.265. The molecule has 2 N–H and O–H groups in total. The van der Waals surface area contributed by atoms with Gasteiger partial charge in [-0.1, -0.05) is 13.0 Å². The van der Waals surface area contributed by atoms with Gasteiger partial charge in [0, 0.05) is 12.5 Å². The lowest BCUT2D eigenvalue weighted by molar-refractivity contribution is -0.190. The normalized spacial score (nSPS) is 14.8. The summed E-state index contributed by atoms with van der Waals surface area (Å²) in [6, 6.07) is 4.11. The van der Waals surface area contributed by atoms with Gasteiger partial charge in [0.1, 0.15) is 0 Å². The lowest BCUT2D eigenvalue weighted by Crippen LogP contribution is -2.60. The molecule has 37 heavy (non-hydrogen) atoms. The molecule has 0 heterocycles. The van der Waals surface area contributed by atoms with Crippen molar-refractivity contribution in [2.75, 3.05) is 0 Å². The van der Waals surface area contributed by atoms with Crippen LogP contribution in [0.4, 0.5) is 0 Å². The zero-order valence-electron chi connectivity index (χ0n) is 24.0. The Morgan fingerprint density at radius 1 is 0.811 bits per heavy atom. The van der Waals surface area contributed by atoms with E-state index in [1.807, 2.05) is 6.92 Å². The van der Waals surface area contributed by atoms with Crippen LogP contribution in [0, 0.1) is 16.2 Å². The van der Waals surface area contributed by atoms with Gasteiger partial charge in [-0.2, -0.15) is 0 Å². The smallest absolute Gasteiger partial charge is 0.364 e. The zero-order chi connectivity index (χ0) is 29.0. The van der Waals surface area contributed by atoms with E-state index in [0.29, 0.717) is 12.0 Å². The largest absolute Gasteiger partial charge is 0.477 e. The van der Waals surface area contributed by atoms with Crippen LogP contribution >= 0.6 is 0 Å². The van der Waals surface area contributed by atoms with Gasteiger partial charge in [-0.25, -0.2) is 4.79 Å². The van der Waals surface area contributed by atoms with Gasteiger partial charge in [-0.05, 0) is 93.4 Å². The number of rotatable bonds is 9. The molecule has 1 rings (SSSR count). The number of hydrogen-bond donors (Lipinski definition) is 2. The van der Waals surface area contributed by atoms with Gasteiger partial charge in [0.15, 0.2) is 11.5 Å². The fourth-order valence-corrected chi connectivity index (χ4v) is 2.73. The second kappa shape index (κ2) is 11.6. The van der Waals surface area contributed by atoms with Gasteiger partial charge < -0.3 is 19.3 Å². The Hall–Kier alpha value is -2.94. The first kappa shape index (κ1) is 32.1. The molecule has 208 valence electrons. The van der Waals surface area contributed by atoms with Crippen molar-refractivity contribution in [3.8, 4) is 11.5 Å². The van der Waals surface area contributed by atoms with Crippen LogP contribution in [0.1, 0.15) is 88.1 Å².